The number of rotatable bonds is 4. The summed E-state index contributed by atoms with van der Waals surface area (Å²) in [7, 11) is 0. The minimum absolute atomic E-state index is 0.00536. The second kappa shape index (κ2) is 7.56. The molecule has 2 unspecified atom stereocenters. The van der Waals surface area contributed by atoms with Gasteiger partial charge in [-0.05, 0) is 38.5 Å². The van der Waals surface area contributed by atoms with Crippen LogP contribution in [0.3, 0.4) is 0 Å². The molecule has 0 aliphatic carbocycles. The fourth-order valence-electron chi connectivity index (χ4n) is 3.67. The Balaban J connectivity index is 1.76. The number of fused-ring (bicyclic) bond motifs is 2. The van der Waals surface area contributed by atoms with E-state index in [2.05, 4.69) is 15.0 Å². The maximum atomic E-state index is 15.4. The lowest BCUT2D eigenvalue weighted by atomic mass is 9.79. The van der Waals surface area contributed by atoms with E-state index in [0.717, 1.165) is 12.1 Å². The van der Waals surface area contributed by atoms with Gasteiger partial charge < -0.3 is 9.84 Å². The van der Waals surface area contributed by atoms with Gasteiger partial charge in [-0.3, -0.25) is 0 Å². The Morgan fingerprint density at radius 3 is 2.74 bits per heavy atom. The second-order valence-electron chi connectivity index (χ2n) is 7.57. The molecule has 9 heteroatoms. The van der Waals surface area contributed by atoms with Crippen molar-refractivity contribution in [2.45, 2.75) is 37.7 Å². The zero-order valence-electron chi connectivity index (χ0n) is 16.7. The van der Waals surface area contributed by atoms with Gasteiger partial charge in [-0.15, -0.1) is 0 Å². The van der Waals surface area contributed by atoms with Crippen LogP contribution in [0.25, 0.3) is 10.9 Å². The summed E-state index contributed by atoms with van der Waals surface area (Å²) in [5.74, 6) is -7.23. The fraction of sp³-hybridized carbons (Fsp3) is 0.318. The molecule has 2 heterocycles. The minimum atomic E-state index is -3.91. The molecule has 0 bridgehead atoms. The average molecular weight is 433 g/mol. The number of halogens is 4. The van der Waals surface area contributed by atoms with Crippen molar-refractivity contribution >= 4 is 22.6 Å². The summed E-state index contributed by atoms with van der Waals surface area (Å²) in [6.45, 7) is 2.23. The van der Waals surface area contributed by atoms with E-state index < -0.39 is 29.2 Å². The van der Waals surface area contributed by atoms with Gasteiger partial charge in [-0.2, -0.15) is 4.39 Å². The molecule has 1 aliphatic heterocycles. The van der Waals surface area contributed by atoms with Crippen molar-refractivity contribution < 1.29 is 27.4 Å². The number of aryl methyl sites for hydroxylation is 1. The summed E-state index contributed by atoms with van der Waals surface area (Å²) >= 11 is 0. The van der Waals surface area contributed by atoms with Crippen LogP contribution >= 0.6 is 0 Å². The van der Waals surface area contributed by atoms with Crippen molar-refractivity contribution in [1.29, 1.82) is 0 Å². The normalized spacial score (nSPS) is 18.9. The van der Waals surface area contributed by atoms with Crippen molar-refractivity contribution in [3.63, 3.8) is 0 Å². The fourth-order valence-corrected chi connectivity index (χ4v) is 3.67. The topological polar surface area (TPSA) is 67.6 Å². The lowest BCUT2D eigenvalue weighted by Gasteiger charge is -2.38. The molecule has 0 spiro atoms. The Morgan fingerprint density at radius 2 is 1.97 bits per heavy atom. The Morgan fingerprint density at radius 1 is 1.23 bits per heavy atom. The summed E-state index contributed by atoms with van der Waals surface area (Å²) in [4.78, 5) is 11.5. The molecule has 1 N–H and O–H groups in total. The molecular weight excluding hydrogens is 414 g/mol. The number of ether oxygens (including phenoxy) is 1. The van der Waals surface area contributed by atoms with Crippen molar-refractivity contribution in [3.8, 4) is 5.75 Å². The molecule has 0 amide bonds. The van der Waals surface area contributed by atoms with Crippen LogP contribution in [0.15, 0.2) is 47.6 Å². The third-order valence-corrected chi connectivity index (χ3v) is 5.46. The Bertz CT molecular complexity index is 1180. The SMILES string of the molecule is Cc1ncc2c(N=C(F)C(C)(O)C(F)(F)C3CCOc4ccccc43)ccc(F)c2n1. The van der Waals surface area contributed by atoms with Crippen molar-refractivity contribution in [3.05, 3.63) is 59.8 Å². The number of aliphatic hydroxyl groups is 1. The third-order valence-electron chi connectivity index (χ3n) is 5.46. The van der Waals surface area contributed by atoms with E-state index >= 15 is 13.2 Å². The molecule has 1 aliphatic rings. The highest BCUT2D eigenvalue weighted by molar-refractivity contribution is 5.95. The van der Waals surface area contributed by atoms with Gasteiger partial charge in [0.2, 0.25) is 5.97 Å². The highest BCUT2D eigenvalue weighted by Gasteiger charge is 2.59. The highest BCUT2D eigenvalue weighted by Crippen LogP contribution is 2.49. The Kier molecular flexibility index (Phi) is 5.17. The second-order valence-corrected chi connectivity index (χ2v) is 7.57. The molecule has 0 saturated carbocycles. The first kappa shape index (κ1) is 21.2. The number of alkyl halides is 2. The van der Waals surface area contributed by atoms with Crippen LogP contribution in [0.1, 0.15) is 30.7 Å². The number of hydrogen-bond donors (Lipinski definition) is 1. The van der Waals surface area contributed by atoms with Gasteiger partial charge in [0, 0.05) is 17.1 Å². The van der Waals surface area contributed by atoms with Crippen LogP contribution in [0.2, 0.25) is 0 Å². The van der Waals surface area contributed by atoms with E-state index in [1.54, 1.807) is 25.1 Å². The average Bonchev–Trinajstić information content (AvgIpc) is 2.75. The monoisotopic (exact) mass is 433 g/mol. The van der Waals surface area contributed by atoms with Crippen LogP contribution in [-0.4, -0.2) is 39.2 Å². The van der Waals surface area contributed by atoms with E-state index in [0.29, 0.717) is 6.92 Å². The minimum Gasteiger partial charge on any atom is -0.493 e. The van der Waals surface area contributed by atoms with Crippen molar-refractivity contribution in [2.75, 3.05) is 6.61 Å². The van der Waals surface area contributed by atoms with Gasteiger partial charge >= 0.3 is 0 Å². The van der Waals surface area contributed by atoms with Gasteiger partial charge in [0.1, 0.15) is 22.9 Å². The predicted octanol–water partition coefficient (Wildman–Crippen LogP) is 5.03. The summed E-state index contributed by atoms with van der Waals surface area (Å²) in [6.07, 6.45) is 1.12. The molecule has 0 fully saturated rings. The molecule has 0 radical (unpaired) electrons. The van der Waals surface area contributed by atoms with Gasteiger partial charge in [0.25, 0.3) is 5.92 Å². The van der Waals surface area contributed by atoms with Crippen LogP contribution in [-0.2, 0) is 0 Å². The Labute approximate surface area is 175 Å². The summed E-state index contributed by atoms with van der Waals surface area (Å²) < 4.78 is 65.4. The van der Waals surface area contributed by atoms with E-state index in [-0.39, 0.29) is 46.8 Å². The summed E-state index contributed by atoms with van der Waals surface area (Å²) in [5, 5.41) is 10.7. The summed E-state index contributed by atoms with van der Waals surface area (Å²) in [5.41, 5.74) is -3.33. The maximum absolute atomic E-state index is 15.4. The standard InChI is InChI=1S/C22H19F4N3O2/c1-12-27-11-14-17(8-7-16(23)19(14)28-12)29-20(24)21(2,30)22(25,26)15-9-10-31-18-6-4-3-5-13(15)18/h3-8,11,15,30H,9-10H2,1-2H3. The lowest BCUT2D eigenvalue weighted by Crippen LogP contribution is -2.54. The van der Waals surface area contributed by atoms with E-state index in [9.17, 15) is 9.50 Å². The Hall–Kier alpha value is -3.07. The molecule has 31 heavy (non-hydrogen) atoms. The van der Waals surface area contributed by atoms with Gasteiger partial charge in [-0.1, -0.05) is 18.2 Å². The van der Waals surface area contributed by atoms with E-state index in [1.807, 2.05) is 0 Å². The van der Waals surface area contributed by atoms with Gasteiger partial charge in [-0.25, -0.2) is 28.1 Å². The van der Waals surface area contributed by atoms with Crippen LogP contribution in [0.4, 0.5) is 23.2 Å². The molecule has 5 nitrogen and oxygen atoms in total. The molecule has 3 aromatic rings. The first-order chi connectivity index (χ1) is 14.6. The van der Waals surface area contributed by atoms with Crippen LogP contribution in [0.5, 0.6) is 5.75 Å². The molecular formula is C22H19F4N3O2. The molecule has 2 atom stereocenters. The molecule has 2 aromatic carbocycles. The number of aliphatic imine (C=N–C) groups is 1. The largest absolute Gasteiger partial charge is 0.493 e. The zero-order valence-corrected chi connectivity index (χ0v) is 16.7. The number of aromatic nitrogens is 2. The number of benzene rings is 2. The molecule has 162 valence electrons. The smallest absolute Gasteiger partial charge is 0.290 e. The third kappa shape index (κ3) is 3.52. The predicted molar refractivity (Wildman–Crippen MR) is 107 cm³/mol. The molecule has 4 rings (SSSR count). The highest BCUT2D eigenvalue weighted by atomic mass is 19.3. The quantitative estimate of drug-likeness (QED) is 0.463. The van der Waals surface area contributed by atoms with Crippen molar-refractivity contribution in [2.24, 2.45) is 4.99 Å². The van der Waals surface area contributed by atoms with Crippen LogP contribution in [0, 0.1) is 12.7 Å². The number of hydrogen-bond acceptors (Lipinski definition) is 5. The molecule has 1 aromatic heterocycles. The maximum Gasteiger partial charge on any atom is 0.290 e. The van der Waals surface area contributed by atoms with Crippen molar-refractivity contribution in [1.82, 2.24) is 9.97 Å². The molecule has 0 saturated heterocycles. The van der Waals surface area contributed by atoms with E-state index in [1.165, 1.54) is 12.3 Å². The number of nitrogens with zero attached hydrogens (tertiary/aromatic N) is 3. The first-order valence-electron chi connectivity index (χ1n) is 9.61. The van der Waals surface area contributed by atoms with E-state index in [4.69, 9.17) is 4.74 Å². The zero-order chi connectivity index (χ0) is 22.4. The van der Waals surface area contributed by atoms with Gasteiger partial charge in [0.15, 0.2) is 5.60 Å². The number of para-hydroxylation sites is 1. The van der Waals surface area contributed by atoms with Crippen LogP contribution < -0.4 is 4.74 Å². The first-order valence-corrected chi connectivity index (χ1v) is 9.61. The summed E-state index contributed by atoms with van der Waals surface area (Å²) in [6, 6.07) is 8.34. The lowest BCUT2D eigenvalue weighted by molar-refractivity contribution is -0.158. The van der Waals surface area contributed by atoms with Gasteiger partial charge in [0.05, 0.1) is 18.2 Å².